The first-order valence-corrected chi connectivity index (χ1v) is 10.4. The van der Waals surface area contributed by atoms with Crippen LogP contribution in [-0.2, 0) is 0 Å². The lowest BCUT2D eigenvalue weighted by Crippen LogP contribution is -2.57. The molecule has 0 aromatic carbocycles. The summed E-state index contributed by atoms with van der Waals surface area (Å²) in [5, 5.41) is 0. The molecular formula is C21H36F2N2. The quantitative estimate of drug-likeness (QED) is 0.680. The molecule has 0 amide bonds. The van der Waals surface area contributed by atoms with Crippen molar-refractivity contribution >= 4 is 0 Å². The van der Waals surface area contributed by atoms with Gasteiger partial charge in [0.25, 0.3) is 5.92 Å². The Morgan fingerprint density at radius 3 is 1.96 bits per heavy atom. The maximum Gasteiger partial charge on any atom is 0.251 e. The SMILES string of the molecule is CC(C)(CCC(C)(C)N1C2CCC1CC(F)(F)C2)N1CCC2(CC2)C1. The van der Waals surface area contributed by atoms with Crippen LogP contribution in [0, 0.1) is 5.41 Å². The Kier molecular flexibility index (Phi) is 4.10. The average Bonchev–Trinajstić information content (AvgIpc) is 2.98. The number of alkyl halides is 2. The third-order valence-electron chi connectivity index (χ3n) is 7.99. The molecule has 2 atom stereocenters. The van der Waals surface area contributed by atoms with Gasteiger partial charge in [-0.05, 0) is 84.6 Å². The zero-order valence-electron chi connectivity index (χ0n) is 16.6. The van der Waals surface area contributed by atoms with Crippen LogP contribution in [0.1, 0.15) is 85.5 Å². The maximum atomic E-state index is 13.9. The number of hydrogen-bond acceptors (Lipinski definition) is 2. The first-order chi connectivity index (χ1) is 11.5. The van der Waals surface area contributed by atoms with Crippen LogP contribution in [0.2, 0.25) is 0 Å². The smallest absolute Gasteiger partial charge is 0.251 e. The van der Waals surface area contributed by atoms with Crippen LogP contribution in [0.3, 0.4) is 0 Å². The van der Waals surface area contributed by atoms with Gasteiger partial charge >= 0.3 is 0 Å². The predicted octanol–water partition coefficient (Wildman–Crippen LogP) is 5.07. The van der Waals surface area contributed by atoms with E-state index in [0.29, 0.717) is 5.41 Å². The highest BCUT2D eigenvalue weighted by molar-refractivity contribution is 5.06. The zero-order valence-corrected chi connectivity index (χ0v) is 16.6. The molecule has 0 N–H and O–H groups in total. The molecular weight excluding hydrogens is 318 g/mol. The Balaban J connectivity index is 1.38. The molecule has 4 aliphatic rings. The second kappa shape index (κ2) is 5.64. The van der Waals surface area contributed by atoms with E-state index < -0.39 is 5.92 Å². The van der Waals surface area contributed by atoms with Gasteiger partial charge in [-0.25, -0.2) is 8.78 Å². The average molecular weight is 355 g/mol. The molecule has 25 heavy (non-hydrogen) atoms. The largest absolute Gasteiger partial charge is 0.298 e. The minimum atomic E-state index is -2.44. The van der Waals surface area contributed by atoms with E-state index in [1.54, 1.807) is 0 Å². The standard InChI is InChI=1S/C21H36F2N2/c1-18(2,24-12-11-20(15-24)9-10-20)7-8-19(3,4)25-16-5-6-17(25)14-21(22,23)13-16/h16-17H,5-15H2,1-4H3. The first kappa shape index (κ1) is 18.2. The molecule has 1 spiro atoms. The predicted molar refractivity (Wildman–Crippen MR) is 98.1 cm³/mol. The molecule has 1 saturated carbocycles. The number of nitrogens with zero attached hydrogens (tertiary/aromatic N) is 2. The summed E-state index contributed by atoms with van der Waals surface area (Å²) in [6.45, 7) is 11.9. The molecule has 4 rings (SSSR count). The molecule has 2 nitrogen and oxygen atoms in total. The Hall–Kier alpha value is -0.220. The summed E-state index contributed by atoms with van der Waals surface area (Å²) in [6, 6.07) is 0.182. The molecule has 0 aromatic rings. The van der Waals surface area contributed by atoms with E-state index in [-0.39, 0.29) is 36.0 Å². The van der Waals surface area contributed by atoms with Gasteiger partial charge in [-0.1, -0.05) is 0 Å². The van der Waals surface area contributed by atoms with Gasteiger partial charge in [0.1, 0.15) is 0 Å². The molecule has 2 unspecified atom stereocenters. The van der Waals surface area contributed by atoms with Crippen molar-refractivity contribution in [3.8, 4) is 0 Å². The van der Waals surface area contributed by atoms with Crippen molar-refractivity contribution in [2.24, 2.45) is 5.41 Å². The molecule has 4 heteroatoms. The number of halogens is 2. The van der Waals surface area contributed by atoms with Crippen LogP contribution in [-0.4, -0.2) is 52.0 Å². The van der Waals surface area contributed by atoms with E-state index >= 15 is 0 Å². The summed E-state index contributed by atoms with van der Waals surface area (Å²) in [5.41, 5.74) is 0.920. The Labute approximate surface area is 152 Å². The zero-order chi connectivity index (χ0) is 18.1. The number of likely N-dealkylation sites (tertiary alicyclic amines) is 1. The molecule has 2 bridgehead atoms. The minimum absolute atomic E-state index is 0.0244. The van der Waals surface area contributed by atoms with Crippen molar-refractivity contribution in [1.29, 1.82) is 0 Å². The summed E-state index contributed by atoms with van der Waals surface area (Å²) in [6.07, 6.45) is 8.56. The normalized spacial score (nSPS) is 34.8. The minimum Gasteiger partial charge on any atom is -0.298 e. The molecule has 0 radical (unpaired) electrons. The van der Waals surface area contributed by atoms with Gasteiger partial charge in [-0.2, -0.15) is 0 Å². The van der Waals surface area contributed by atoms with Gasteiger partial charge in [-0.3, -0.25) is 9.80 Å². The fourth-order valence-electron chi connectivity index (χ4n) is 6.06. The van der Waals surface area contributed by atoms with Crippen molar-refractivity contribution in [1.82, 2.24) is 9.80 Å². The topological polar surface area (TPSA) is 6.48 Å². The van der Waals surface area contributed by atoms with Crippen molar-refractivity contribution in [2.75, 3.05) is 13.1 Å². The Bertz CT molecular complexity index is 508. The third kappa shape index (κ3) is 3.38. The summed E-state index contributed by atoms with van der Waals surface area (Å²) in [4.78, 5) is 5.18. The molecule has 1 aliphatic carbocycles. The van der Waals surface area contributed by atoms with Gasteiger partial charge in [-0.15, -0.1) is 0 Å². The molecule has 3 saturated heterocycles. The van der Waals surface area contributed by atoms with Gasteiger partial charge in [0, 0.05) is 42.5 Å². The van der Waals surface area contributed by atoms with E-state index in [4.69, 9.17) is 0 Å². The molecule has 144 valence electrons. The van der Waals surface area contributed by atoms with E-state index in [1.807, 2.05) is 0 Å². The number of fused-ring (bicyclic) bond motifs is 2. The van der Waals surface area contributed by atoms with Gasteiger partial charge in [0.2, 0.25) is 0 Å². The Morgan fingerprint density at radius 1 is 0.880 bits per heavy atom. The fraction of sp³-hybridized carbons (Fsp3) is 1.00. The van der Waals surface area contributed by atoms with Gasteiger partial charge < -0.3 is 0 Å². The molecule has 3 aliphatic heterocycles. The third-order valence-corrected chi connectivity index (χ3v) is 7.99. The van der Waals surface area contributed by atoms with E-state index in [2.05, 4.69) is 37.5 Å². The van der Waals surface area contributed by atoms with Crippen LogP contribution < -0.4 is 0 Å². The number of hydrogen-bond donors (Lipinski definition) is 0. The lowest BCUT2D eigenvalue weighted by Gasteiger charge is -2.49. The summed E-state index contributed by atoms with van der Waals surface area (Å²) in [5.74, 6) is -2.44. The second-order valence-electron chi connectivity index (χ2n) is 10.9. The Morgan fingerprint density at radius 2 is 1.44 bits per heavy atom. The molecule has 0 aromatic heterocycles. The molecule has 3 heterocycles. The van der Waals surface area contributed by atoms with Gasteiger partial charge in [0.05, 0.1) is 0 Å². The summed E-state index contributed by atoms with van der Waals surface area (Å²) >= 11 is 0. The maximum absolute atomic E-state index is 13.9. The van der Waals surface area contributed by atoms with E-state index in [1.165, 1.54) is 32.4 Å². The van der Waals surface area contributed by atoms with Gasteiger partial charge in [0.15, 0.2) is 0 Å². The van der Waals surface area contributed by atoms with Crippen molar-refractivity contribution < 1.29 is 8.78 Å². The van der Waals surface area contributed by atoms with E-state index in [9.17, 15) is 8.78 Å². The number of piperidine rings is 1. The fourth-order valence-corrected chi connectivity index (χ4v) is 6.06. The monoisotopic (exact) mass is 354 g/mol. The van der Waals surface area contributed by atoms with Crippen LogP contribution >= 0.6 is 0 Å². The van der Waals surface area contributed by atoms with Crippen LogP contribution in [0.25, 0.3) is 0 Å². The molecule has 4 fully saturated rings. The lowest BCUT2D eigenvalue weighted by molar-refractivity contribution is -0.109. The van der Waals surface area contributed by atoms with Crippen LogP contribution in [0.5, 0.6) is 0 Å². The van der Waals surface area contributed by atoms with Crippen molar-refractivity contribution in [2.45, 2.75) is 115 Å². The highest BCUT2D eigenvalue weighted by Gasteiger charge is 2.54. The summed E-state index contributed by atoms with van der Waals surface area (Å²) < 4.78 is 27.9. The highest BCUT2D eigenvalue weighted by atomic mass is 19.3. The van der Waals surface area contributed by atoms with Crippen molar-refractivity contribution in [3.63, 3.8) is 0 Å². The van der Waals surface area contributed by atoms with Crippen LogP contribution in [0.15, 0.2) is 0 Å². The summed E-state index contributed by atoms with van der Waals surface area (Å²) in [7, 11) is 0. The van der Waals surface area contributed by atoms with Crippen LogP contribution in [0.4, 0.5) is 8.78 Å². The van der Waals surface area contributed by atoms with E-state index in [0.717, 1.165) is 25.7 Å². The second-order valence-corrected chi connectivity index (χ2v) is 10.9. The first-order valence-electron chi connectivity index (χ1n) is 10.4. The highest BCUT2D eigenvalue weighted by Crippen LogP contribution is 2.54. The number of rotatable bonds is 5. The van der Waals surface area contributed by atoms with Crippen molar-refractivity contribution in [3.05, 3.63) is 0 Å². The lowest BCUT2D eigenvalue weighted by atomic mass is 9.84.